The molecule has 246 valence electrons. The van der Waals surface area contributed by atoms with E-state index in [1.807, 2.05) is 41.7 Å². The molecule has 12 rings (SSSR count). The van der Waals surface area contributed by atoms with Crippen LogP contribution in [0.5, 0.6) is 0 Å². The Balaban J connectivity index is 1.22. The molecule has 0 N–H and O–H groups in total. The van der Waals surface area contributed by atoms with Gasteiger partial charge < -0.3 is 9.32 Å². The average molecular weight is 694 g/mol. The van der Waals surface area contributed by atoms with Crippen molar-refractivity contribution in [2.24, 2.45) is 0 Å². The van der Waals surface area contributed by atoms with Crippen LogP contribution in [0.1, 0.15) is 0 Å². The summed E-state index contributed by atoms with van der Waals surface area (Å²) in [7, 11) is 0. The molecule has 53 heavy (non-hydrogen) atoms. The van der Waals surface area contributed by atoms with Gasteiger partial charge in [0.15, 0.2) is 5.82 Å². The van der Waals surface area contributed by atoms with Crippen LogP contribution >= 0.6 is 11.3 Å². The monoisotopic (exact) mass is 693 g/mol. The van der Waals surface area contributed by atoms with Crippen LogP contribution in [0.15, 0.2) is 168 Å². The molecule has 0 radical (unpaired) electrons. The van der Waals surface area contributed by atoms with E-state index in [1.165, 1.54) is 47.8 Å². The Hall–Kier alpha value is -6.82. The van der Waals surface area contributed by atoms with Crippen molar-refractivity contribution in [1.29, 1.82) is 0 Å². The van der Waals surface area contributed by atoms with Gasteiger partial charge in [-0.3, -0.25) is 0 Å². The Morgan fingerprint density at radius 2 is 1.21 bits per heavy atom. The number of benzene rings is 8. The number of furan rings is 1. The highest BCUT2D eigenvalue weighted by atomic mass is 32.1. The van der Waals surface area contributed by atoms with Crippen molar-refractivity contribution in [1.82, 2.24) is 9.97 Å². The molecule has 0 fully saturated rings. The molecule has 0 saturated carbocycles. The zero-order valence-corrected chi connectivity index (χ0v) is 29.1. The third kappa shape index (κ3) is 4.11. The molecule has 0 aliphatic carbocycles. The summed E-state index contributed by atoms with van der Waals surface area (Å²) in [6.45, 7) is 0. The Kier molecular flexibility index (Phi) is 5.90. The van der Waals surface area contributed by atoms with Gasteiger partial charge in [-0.15, -0.1) is 11.3 Å². The van der Waals surface area contributed by atoms with E-state index < -0.39 is 0 Å². The van der Waals surface area contributed by atoms with Crippen LogP contribution in [0, 0.1) is 0 Å². The quantitative estimate of drug-likeness (QED) is 0.185. The molecule has 0 spiro atoms. The number of rotatable bonds is 3. The van der Waals surface area contributed by atoms with Crippen LogP contribution in [-0.4, -0.2) is 9.97 Å². The molecule has 4 heterocycles. The lowest BCUT2D eigenvalue weighted by Crippen LogP contribution is -2.15. The highest BCUT2D eigenvalue weighted by molar-refractivity contribution is 7.26. The van der Waals surface area contributed by atoms with Crippen LogP contribution in [0.2, 0.25) is 0 Å². The van der Waals surface area contributed by atoms with Crippen molar-refractivity contribution < 1.29 is 4.42 Å². The first-order valence-corrected chi connectivity index (χ1v) is 18.6. The SMILES string of the molecule is c1ccc(-c2nc(-c3cc(N4c5ccccc5-c5cccc6c5c4cc4sc5ccccc5c46)cc4c3oc3ccccc34)c3ccccc3n2)cc1. The molecule has 4 nitrogen and oxygen atoms in total. The molecule has 1 aliphatic heterocycles. The van der Waals surface area contributed by atoms with Gasteiger partial charge in [0, 0.05) is 64.1 Å². The fourth-order valence-electron chi connectivity index (χ4n) is 8.50. The molecule has 0 saturated heterocycles. The third-order valence-corrected chi connectivity index (χ3v) is 11.9. The van der Waals surface area contributed by atoms with Crippen molar-refractivity contribution >= 4 is 92.2 Å². The molecule has 0 unspecified atom stereocenters. The Morgan fingerprint density at radius 3 is 2.13 bits per heavy atom. The lowest BCUT2D eigenvalue weighted by Gasteiger charge is -2.34. The van der Waals surface area contributed by atoms with Gasteiger partial charge in [0.05, 0.1) is 22.6 Å². The van der Waals surface area contributed by atoms with Crippen molar-refractivity contribution in [3.05, 3.63) is 164 Å². The molecular formula is C48H27N3OS. The Labute approximate surface area is 307 Å². The molecular weight excluding hydrogens is 667 g/mol. The minimum atomic E-state index is 0.683. The molecule has 0 atom stereocenters. The number of hydrogen-bond donors (Lipinski definition) is 0. The molecule has 5 heteroatoms. The predicted octanol–water partition coefficient (Wildman–Crippen LogP) is 13.8. The van der Waals surface area contributed by atoms with Crippen LogP contribution < -0.4 is 4.90 Å². The van der Waals surface area contributed by atoms with Gasteiger partial charge in [-0.05, 0) is 53.4 Å². The smallest absolute Gasteiger partial charge is 0.160 e. The second-order valence-electron chi connectivity index (χ2n) is 13.7. The standard InChI is InChI=1S/C48H27N3OS/c1-2-13-28(14-3-1)48-49-38-21-8-4-17-33(38)46(50-48)37-26-29(25-36-31-16-6-10-23-41(31)52-47(36)37)51-39-22-9-5-15-30(39)32-19-12-20-35-44(32)40(51)27-43-45(35)34-18-7-11-24-42(34)53-43/h1-27H. The van der Waals surface area contributed by atoms with Crippen molar-refractivity contribution in [2.45, 2.75) is 0 Å². The maximum absolute atomic E-state index is 6.77. The van der Waals surface area contributed by atoms with Crippen molar-refractivity contribution in [3.8, 4) is 33.8 Å². The minimum absolute atomic E-state index is 0.683. The van der Waals surface area contributed by atoms with Gasteiger partial charge >= 0.3 is 0 Å². The molecule has 1 aliphatic rings. The van der Waals surface area contributed by atoms with Gasteiger partial charge in [-0.1, -0.05) is 121 Å². The minimum Gasteiger partial charge on any atom is -0.455 e. The lowest BCUT2D eigenvalue weighted by molar-refractivity contribution is 0.670. The van der Waals surface area contributed by atoms with E-state index in [0.29, 0.717) is 5.82 Å². The van der Waals surface area contributed by atoms with E-state index in [1.54, 1.807) is 0 Å². The molecule has 0 amide bonds. The highest BCUT2D eigenvalue weighted by Gasteiger charge is 2.29. The maximum atomic E-state index is 6.77. The second-order valence-corrected chi connectivity index (χ2v) is 14.8. The van der Waals surface area contributed by atoms with E-state index in [-0.39, 0.29) is 0 Å². The van der Waals surface area contributed by atoms with E-state index in [9.17, 15) is 0 Å². The summed E-state index contributed by atoms with van der Waals surface area (Å²) in [6, 6.07) is 58.2. The number of nitrogens with zero attached hydrogens (tertiary/aromatic N) is 3. The number of para-hydroxylation sites is 3. The first kappa shape index (κ1) is 28.8. The van der Waals surface area contributed by atoms with E-state index in [2.05, 4.69) is 138 Å². The van der Waals surface area contributed by atoms with E-state index in [4.69, 9.17) is 14.4 Å². The summed E-state index contributed by atoms with van der Waals surface area (Å²) in [4.78, 5) is 12.8. The van der Waals surface area contributed by atoms with Crippen LogP contribution in [0.4, 0.5) is 17.1 Å². The molecule has 8 aromatic carbocycles. The molecule has 11 aromatic rings. The van der Waals surface area contributed by atoms with Crippen molar-refractivity contribution in [2.75, 3.05) is 4.90 Å². The van der Waals surface area contributed by atoms with E-state index in [0.717, 1.165) is 61.0 Å². The first-order valence-electron chi connectivity index (χ1n) is 17.8. The normalized spacial score (nSPS) is 12.5. The fourth-order valence-corrected chi connectivity index (χ4v) is 9.65. The number of hydrogen-bond acceptors (Lipinski definition) is 5. The van der Waals surface area contributed by atoms with Gasteiger partial charge in [-0.2, -0.15) is 0 Å². The number of aromatic nitrogens is 2. The predicted molar refractivity (Wildman–Crippen MR) is 222 cm³/mol. The summed E-state index contributed by atoms with van der Waals surface area (Å²) >= 11 is 1.86. The third-order valence-electron chi connectivity index (χ3n) is 10.8. The maximum Gasteiger partial charge on any atom is 0.160 e. The summed E-state index contributed by atoms with van der Waals surface area (Å²) in [5.74, 6) is 0.683. The first-order chi connectivity index (χ1) is 26.3. The summed E-state index contributed by atoms with van der Waals surface area (Å²) < 4.78 is 9.35. The molecule has 3 aromatic heterocycles. The van der Waals surface area contributed by atoms with E-state index >= 15 is 0 Å². The molecule has 0 bridgehead atoms. The zero-order chi connectivity index (χ0) is 34.6. The summed E-state index contributed by atoms with van der Waals surface area (Å²) in [6.07, 6.45) is 0. The van der Waals surface area contributed by atoms with Gasteiger partial charge in [0.2, 0.25) is 0 Å². The lowest BCUT2D eigenvalue weighted by atomic mass is 9.89. The van der Waals surface area contributed by atoms with Gasteiger partial charge in [-0.25, -0.2) is 9.97 Å². The zero-order valence-electron chi connectivity index (χ0n) is 28.2. The summed E-state index contributed by atoms with van der Waals surface area (Å²) in [5, 5.41) is 8.26. The van der Waals surface area contributed by atoms with Gasteiger partial charge in [0.25, 0.3) is 0 Å². The number of thiophene rings is 1. The van der Waals surface area contributed by atoms with Gasteiger partial charge in [0.1, 0.15) is 11.2 Å². The van der Waals surface area contributed by atoms with Crippen LogP contribution in [0.3, 0.4) is 0 Å². The highest BCUT2D eigenvalue weighted by Crippen LogP contribution is 2.55. The Bertz CT molecular complexity index is 3310. The summed E-state index contributed by atoms with van der Waals surface area (Å²) in [5.41, 5.74) is 11.1. The fraction of sp³-hybridized carbons (Fsp3) is 0. The Morgan fingerprint density at radius 1 is 0.472 bits per heavy atom. The van der Waals surface area contributed by atoms with Crippen molar-refractivity contribution in [3.63, 3.8) is 0 Å². The number of anilines is 3. The average Bonchev–Trinajstić information content (AvgIpc) is 3.79. The van der Waals surface area contributed by atoms with Crippen LogP contribution in [0.25, 0.3) is 97.6 Å². The largest absolute Gasteiger partial charge is 0.455 e. The topological polar surface area (TPSA) is 42.2 Å². The van der Waals surface area contributed by atoms with Crippen LogP contribution in [-0.2, 0) is 0 Å². The number of fused-ring (bicyclic) bond motifs is 10. The second kappa shape index (κ2) is 10.8.